The quantitative estimate of drug-likeness (QED) is 0.763. The zero-order chi connectivity index (χ0) is 17.9. The monoisotopic (exact) mass is 349 g/mol. The minimum atomic E-state index is -0.149. The minimum absolute atomic E-state index is 0.0784. The Kier molecular flexibility index (Phi) is 4.35. The molecule has 2 amide bonds. The maximum atomic E-state index is 12.1. The van der Waals surface area contributed by atoms with Gasteiger partial charge in [0.25, 0.3) is 0 Å². The number of fused-ring (bicyclic) bond motifs is 1. The van der Waals surface area contributed by atoms with Gasteiger partial charge in [-0.2, -0.15) is 15.0 Å². The molecule has 0 saturated carbocycles. The first-order valence-electron chi connectivity index (χ1n) is 8.65. The summed E-state index contributed by atoms with van der Waals surface area (Å²) in [5.41, 5.74) is 3.43. The van der Waals surface area contributed by atoms with E-state index in [0.717, 1.165) is 35.2 Å². The number of nitrogens with one attached hydrogen (secondary N) is 1. The third-order valence-electron chi connectivity index (χ3n) is 4.42. The van der Waals surface area contributed by atoms with Crippen molar-refractivity contribution < 1.29 is 9.59 Å². The Bertz CT molecular complexity index is 915. The highest BCUT2D eigenvalue weighted by molar-refractivity contribution is 5.95. The number of aromatic nitrogens is 3. The average molecular weight is 349 g/mol. The summed E-state index contributed by atoms with van der Waals surface area (Å²) in [5.74, 6) is 0.0225. The van der Waals surface area contributed by atoms with Crippen molar-refractivity contribution >= 4 is 28.5 Å². The van der Waals surface area contributed by atoms with Gasteiger partial charge < -0.3 is 10.2 Å². The summed E-state index contributed by atoms with van der Waals surface area (Å²) < 4.78 is 0. The van der Waals surface area contributed by atoms with Crippen LogP contribution in [-0.2, 0) is 22.7 Å². The molecule has 1 aliphatic rings. The summed E-state index contributed by atoms with van der Waals surface area (Å²) in [7, 11) is 0. The van der Waals surface area contributed by atoms with Crippen LogP contribution < -0.4 is 10.2 Å². The average Bonchev–Trinajstić information content (AvgIpc) is 3.25. The Morgan fingerprint density at radius 3 is 2.35 bits per heavy atom. The van der Waals surface area contributed by atoms with Crippen LogP contribution in [0.25, 0.3) is 11.0 Å². The van der Waals surface area contributed by atoms with Crippen molar-refractivity contribution in [3.8, 4) is 0 Å². The van der Waals surface area contributed by atoms with Gasteiger partial charge in [0.2, 0.25) is 11.8 Å². The molecule has 3 aromatic rings. The molecule has 1 aliphatic heterocycles. The predicted octanol–water partition coefficient (Wildman–Crippen LogP) is 1.87. The Labute approximate surface area is 150 Å². The molecular weight excluding hydrogens is 330 g/mol. The number of nitrogens with zero attached hydrogens (tertiary/aromatic N) is 4. The molecule has 1 aromatic heterocycles. The lowest BCUT2D eigenvalue weighted by atomic mass is 10.2. The van der Waals surface area contributed by atoms with Gasteiger partial charge in [0, 0.05) is 25.2 Å². The van der Waals surface area contributed by atoms with Gasteiger partial charge in [-0.05, 0) is 36.2 Å². The van der Waals surface area contributed by atoms with Crippen LogP contribution in [0.4, 0.5) is 5.69 Å². The second-order valence-corrected chi connectivity index (χ2v) is 6.31. The fourth-order valence-corrected chi connectivity index (χ4v) is 3.07. The van der Waals surface area contributed by atoms with Gasteiger partial charge in [-0.3, -0.25) is 9.59 Å². The molecule has 7 heteroatoms. The highest BCUT2D eigenvalue weighted by atomic mass is 16.2. The SMILES string of the molecule is O=C(Cn1nc2ccccc2n1)NCc1ccc(N2CCCC2=O)cc1. The smallest absolute Gasteiger partial charge is 0.243 e. The van der Waals surface area contributed by atoms with Gasteiger partial charge in [-0.25, -0.2) is 0 Å². The van der Waals surface area contributed by atoms with Crippen LogP contribution >= 0.6 is 0 Å². The third kappa shape index (κ3) is 3.42. The highest BCUT2D eigenvalue weighted by Gasteiger charge is 2.21. The molecule has 0 bridgehead atoms. The molecule has 0 atom stereocenters. The standard InChI is InChI=1S/C19H19N5O2/c25-18(13-24-21-16-4-1-2-5-17(16)22-24)20-12-14-7-9-15(10-8-14)23-11-3-6-19(23)26/h1-2,4-5,7-10H,3,6,11-13H2,(H,20,25). The lowest BCUT2D eigenvalue weighted by Gasteiger charge is -2.16. The molecule has 26 heavy (non-hydrogen) atoms. The number of rotatable bonds is 5. The lowest BCUT2D eigenvalue weighted by Crippen LogP contribution is -2.28. The number of carbonyl (C=O) groups is 2. The zero-order valence-corrected chi connectivity index (χ0v) is 14.3. The van der Waals surface area contributed by atoms with Crippen LogP contribution in [0.3, 0.4) is 0 Å². The summed E-state index contributed by atoms with van der Waals surface area (Å²) in [5, 5.41) is 11.4. The maximum absolute atomic E-state index is 12.1. The molecule has 0 radical (unpaired) electrons. The Hall–Kier alpha value is -3.22. The Morgan fingerprint density at radius 2 is 1.73 bits per heavy atom. The number of hydrogen-bond acceptors (Lipinski definition) is 4. The van der Waals surface area contributed by atoms with Crippen LogP contribution in [0.2, 0.25) is 0 Å². The third-order valence-corrected chi connectivity index (χ3v) is 4.42. The van der Waals surface area contributed by atoms with Crippen molar-refractivity contribution in [2.75, 3.05) is 11.4 Å². The van der Waals surface area contributed by atoms with Crippen LogP contribution in [0.5, 0.6) is 0 Å². The minimum Gasteiger partial charge on any atom is -0.350 e. The van der Waals surface area contributed by atoms with E-state index in [4.69, 9.17) is 0 Å². The van der Waals surface area contributed by atoms with Crippen molar-refractivity contribution in [2.45, 2.75) is 25.9 Å². The molecule has 1 saturated heterocycles. The molecule has 1 N–H and O–H groups in total. The van der Waals surface area contributed by atoms with E-state index in [-0.39, 0.29) is 18.4 Å². The first-order chi connectivity index (χ1) is 12.7. The second kappa shape index (κ2) is 6.95. The first kappa shape index (κ1) is 16.3. The van der Waals surface area contributed by atoms with E-state index in [0.29, 0.717) is 13.0 Å². The summed E-state index contributed by atoms with van der Waals surface area (Å²) in [6.07, 6.45) is 1.53. The van der Waals surface area contributed by atoms with E-state index in [1.807, 2.05) is 48.5 Å². The topological polar surface area (TPSA) is 80.1 Å². The fourth-order valence-electron chi connectivity index (χ4n) is 3.07. The molecule has 0 unspecified atom stereocenters. The molecule has 4 rings (SSSR count). The molecule has 2 aromatic carbocycles. The van der Waals surface area contributed by atoms with Gasteiger partial charge in [-0.15, -0.1) is 0 Å². The predicted molar refractivity (Wildman–Crippen MR) is 97.4 cm³/mol. The van der Waals surface area contributed by atoms with Crippen molar-refractivity contribution in [3.63, 3.8) is 0 Å². The largest absolute Gasteiger partial charge is 0.350 e. The van der Waals surface area contributed by atoms with Crippen LogP contribution in [0.15, 0.2) is 48.5 Å². The summed E-state index contributed by atoms with van der Waals surface area (Å²) >= 11 is 0. The molecule has 2 heterocycles. The molecular formula is C19H19N5O2. The van der Waals surface area contributed by atoms with Gasteiger partial charge in [-0.1, -0.05) is 24.3 Å². The van der Waals surface area contributed by atoms with Crippen molar-refractivity contribution in [2.24, 2.45) is 0 Å². The molecule has 1 fully saturated rings. The van der Waals surface area contributed by atoms with Crippen LogP contribution in [0.1, 0.15) is 18.4 Å². The van der Waals surface area contributed by atoms with Crippen molar-refractivity contribution in [1.29, 1.82) is 0 Å². The van der Waals surface area contributed by atoms with E-state index in [1.54, 1.807) is 4.90 Å². The van der Waals surface area contributed by atoms with Gasteiger partial charge in [0.15, 0.2) is 0 Å². The Morgan fingerprint density at radius 1 is 1.04 bits per heavy atom. The molecule has 7 nitrogen and oxygen atoms in total. The zero-order valence-electron chi connectivity index (χ0n) is 14.3. The fraction of sp³-hybridized carbons (Fsp3) is 0.263. The number of benzene rings is 2. The van der Waals surface area contributed by atoms with E-state index >= 15 is 0 Å². The summed E-state index contributed by atoms with van der Waals surface area (Å²) in [4.78, 5) is 27.1. The highest BCUT2D eigenvalue weighted by Crippen LogP contribution is 2.21. The van der Waals surface area contributed by atoms with Crippen LogP contribution in [-0.4, -0.2) is 33.4 Å². The normalized spacial score (nSPS) is 14.2. The van der Waals surface area contributed by atoms with Gasteiger partial charge >= 0.3 is 0 Å². The van der Waals surface area contributed by atoms with E-state index in [9.17, 15) is 9.59 Å². The van der Waals surface area contributed by atoms with E-state index in [1.165, 1.54) is 4.80 Å². The first-order valence-corrected chi connectivity index (χ1v) is 8.65. The summed E-state index contributed by atoms with van der Waals surface area (Å²) in [6.45, 7) is 1.28. The maximum Gasteiger partial charge on any atom is 0.243 e. The summed E-state index contributed by atoms with van der Waals surface area (Å²) in [6, 6.07) is 15.2. The van der Waals surface area contributed by atoms with Gasteiger partial charge in [0.05, 0.1) is 0 Å². The molecule has 0 aliphatic carbocycles. The number of amides is 2. The molecule has 132 valence electrons. The van der Waals surface area contributed by atoms with Crippen molar-refractivity contribution in [3.05, 3.63) is 54.1 Å². The Balaban J connectivity index is 1.33. The van der Waals surface area contributed by atoms with Gasteiger partial charge in [0.1, 0.15) is 17.6 Å². The number of anilines is 1. The second-order valence-electron chi connectivity index (χ2n) is 6.31. The lowest BCUT2D eigenvalue weighted by molar-refractivity contribution is -0.122. The van der Waals surface area contributed by atoms with Crippen LogP contribution in [0, 0.1) is 0 Å². The van der Waals surface area contributed by atoms with Crippen molar-refractivity contribution in [1.82, 2.24) is 20.3 Å². The van der Waals surface area contributed by atoms with E-state index in [2.05, 4.69) is 15.5 Å². The molecule has 0 spiro atoms. The number of hydrogen-bond donors (Lipinski definition) is 1. The van der Waals surface area contributed by atoms with E-state index < -0.39 is 0 Å². The number of carbonyl (C=O) groups excluding carboxylic acids is 2.